The fourth-order valence-corrected chi connectivity index (χ4v) is 6.84. The molecule has 9 nitrogen and oxygen atoms in total. The van der Waals surface area contributed by atoms with Crippen molar-refractivity contribution in [3.63, 3.8) is 0 Å². The number of aliphatic hydroxyl groups is 1. The van der Waals surface area contributed by atoms with Gasteiger partial charge in [0.25, 0.3) is 5.92 Å². The third kappa shape index (κ3) is 7.61. The lowest BCUT2D eigenvalue weighted by molar-refractivity contribution is -0.158. The molecule has 41 heavy (non-hydrogen) atoms. The topological polar surface area (TPSA) is 112 Å². The van der Waals surface area contributed by atoms with Crippen LogP contribution in [0.25, 0.3) is 0 Å². The van der Waals surface area contributed by atoms with Crippen LogP contribution in [-0.4, -0.2) is 81.6 Å². The van der Waals surface area contributed by atoms with E-state index in [0.29, 0.717) is 5.75 Å². The second-order valence-corrected chi connectivity index (χ2v) is 12.9. The molecule has 1 N–H and O–H groups in total. The first-order valence-corrected chi connectivity index (χ1v) is 15.0. The number of rotatable bonds is 13. The lowest BCUT2D eigenvalue weighted by atomic mass is 9.90. The highest BCUT2D eigenvalue weighted by Crippen LogP contribution is 2.43. The Hall–Kier alpha value is -2.64. The van der Waals surface area contributed by atoms with Gasteiger partial charge in [0.15, 0.2) is 6.29 Å². The maximum atomic E-state index is 14.3. The van der Waals surface area contributed by atoms with Gasteiger partial charge >= 0.3 is 5.97 Å². The number of halogens is 2. The Morgan fingerprint density at radius 3 is 2.41 bits per heavy atom. The highest BCUT2D eigenvalue weighted by molar-refractivity contribution is 7.89. The molecule has 2 aromatic carbocycles. The number of aliphatic hydroxyl groups excluding tert-OH is 1. The molecule has 0 amide bonds. The molecule has 0 aliphatic carbocycles. The fourth-order valence-electron chi connectivity index (χ4n) is 5.22. The van der Waals surface area contributed by atoms with Crippen LogP contribution in [0.3, 0.4) is 0 Å². The number of alkyl halides is 2. The Kier molecular flexibility index (Phi) is 10.0. The monoisotopic (exact) mass is 597 g/mol. The number of benzene rings is 2. The molecular weight excluding hydrogens is 560 g/mol. The van der Waals surface area contributed by atoms with Gasteiger partial charge in [-0.25, -0.2) is 17.2 Å². The summed E-state index contributed by atoms with van der Waals surface area (Å²) < 4.78 is 77.8. The molecule has 0 saturated carbocycles. The van der Waals surface area contributed by atoms with Crippen LogP contribution in [0.4, 0.5) is 8.78 Å². The molecule has 2 saturated heterocycles. The predicted molar refractivity (Wildman–Crippen MR) is 145 cm³/mol. The number of ether oxygens (including phenoxy) is 4. The van der Waals surface area contributed by atoms with Gasteiger partial charge in [0.1, 0.15) is 24.4 Å². The van der Waals surface area contributed by atoms with Crippen LogP contribution in [0.5, 0.6) is 5.75 Å². The van der Waals surface area contributed by atoms with E-state index in [1.807, 2.05) is 44.2 Å². The molecule has 2 heterocycles. The van der Waals surface area contributed by atoms with E-state index in [1.165, 1.54) is 23.5 Å². The van der Waals surface area contributed by atoms with E-state index in [2.05, 4.69) is 0 Å². The van der Waals surface area contributed by atoms with Crippen LogP contribution in [0.15, 0.2) is 59.5 Å². The zero-order valence-electron chi connectivity index (χ0n) is 23.3. The van der Waals surface area contributed by atoms with Crippen molar-refractivity contribution in [3.05, 3.63) is 60.2 Å². The van der Waals surface area contributed by atoms with Crippen molar-refractivity contribution in [2.75, 3.05) is 33.4 Å². The number of carbonyl (C=O) groups excluding carboxylic acids is 1. The molecule has 0 unspecified atom stereocenters. The number of methoxy groups -OCH3 is 1. The molecule has 2 fully saturated rings. The van der Waals surface area contributed by atoms with Gasteiger partial charge in [-0.05, 0) is 42.2 Å². The van der Waals surface area contributed by atoms with Crippen molar-refractivity contribution in [2.45, 2.75) is 56.0 Å². The summed E-state index contributed by atoms with van der Waals surface area (Å²) in [7, 11) is -2.52. The van der Waals surface area contributed by atoms with Gasteiger partial charge in [0, 0.05) is 19.0 Å². The maximum Gasteiger partial charge on any atom is 0.306 e. The van der Waals surface area contributed by atoms with Gasteiger partial charge < -0.3 is 24.1 Å². The summed E-state index contributed by atoms with van der Waals surface area (Å²) in [6.45, 7) is 2.55. The summed E-state index contributed by atoms with van der Waals surface area (Å²) in [5.74, 6) is -5.69. The average molecular weight is 598 g/mol. The first-order chi connectivity index (χ1) is 19.4. The third-order valence-corrected chi connectivity index (χ3v) is 9.15. The van der Waals surface area contributed by atoms with Gasteiger partial charge in [0.05, 0.1) is 31.1 Å². The normalized spacial score (nSPS) is 23.4. The molecule has 226 valence electrons. The van der Waals surface area contributed by atoms with Gasteiger partial charge in [-0.3, -0.25) is 4.79 Å². The van der Waals surface area contributed by atoms with E-state index < -0.39 is 58.9 Å². The smallest absolute Gasteiger partial charge is 0.306 e. The van der Waals surface area contributed by atoms with Gasteiger partial charge in [0.2, 0.25) is 10.0 Å². The number of carbonyl (C=O) groups is 1. The molecule has 5 atom stereocenters. The van der Waals surface area contributed by atoms with E-state index in [-0.39, 0.29) is 43.4 Å². The predicted octanol–water partition coefficient (Wildman–Crippen LogP) is 3.50. The Bertz CT molecular complexity index is 1260. The van der Waals surface area contributed by atoms with Crippen LogP contribution in [0, 0.1) is 17.8 Å². The molecule has 4 rings (SSSR count). The number of hydrogen-bond donors (Lipinski definition) is 1. The van der Waals surface area contributed by atoms with Crippen LogP contribution in [0.2, 0.25) is 0 Å². The second-order valence-electron chi connectivity index (χ2n) is 10.9. The third-order valence-electron chi connectivity index (χ3n) is 7.30. The molecule has 2 aromatic rings. The molecule has 0 spiro atoms. The molecule has 0 bridgehead atoms. The Morgan fingerprint density at radius 1 is 1.10 bits per heavy atom. The van der Waals surface area contributed by atoms with Crippen LogP contribution >= 0.6 is 0 Å². The summed E-state index contributed by atoms with van der Waals surface area (Å²) in [6.07, 6.45) is -3.66. The number of esters is 1. The van der Waals surface area contributed by atoms with E-state index in [9.17, 15) is 27.1 Å². The quantitative estimate of drug-likeness (QED) is 0.350. The highest BCUT2D eigenvalue weighted by Gasteiger charge is 2.60. The summed E-state index contributed by atoms with van der Waals surface area (Å²) in [5, 5.41) is 11.4. The Balaban J connectivity index is 1.52. The van der Waals surface area contributed by atoms with Crippen molar-refractivity contribution in [2.24, 2.45) is 17.8 Å². The first kappa shape index (κ1) is 31.3. The second kappa shape index (κ2) is 13.1. The van der Waals surface area contributed by atoms with Crippen molar-refractivity contribution < 1.29 is 46.0 Å². The summed E-state index contributed by atoms with van der Waals surface area (Å²) in [6, 6.07) is 15.1. The number of sulfonamides is 1. The molecule has 2 aliphatic heterocycles. The van der Waals surface area contributed by atoms with E-state index >= 15 is 0 Å². The van der Waals surface area contributed by atoms with E-state index in [4.69, 9.17) is 18.9 Å². The first-order valence-electron chi connectivity index (χ1n) is 13.6. The molecule has 12 heteroatoms. The van der Waals surface area contributed by atoms with Gasteiger partial charge in [-0.2, -0.15) is 4.31 Å². The minimum atomic E-state index is -4.00. The molecule has 0 aromatic heterocycles. The zero-order valence-corrected chi connectivity index (χ0v) is 24.1. The van der Waals surface area contributed by atoms with Crippen LogP contribution in [0.1, 0.15) is 25.8 Å². The van der Waals surface area contributed by atoms with Crippen molar-refractivity contribution >= 4 is 16.0 Å². The molecule has 2 aliphatic rings. The summed E-state index contributed by atoms with van der Waals surface area (Å²) in [5.41, 5.74) is 0.817. The largest absolute Gasteiger partial charge is 0.497 e. The highest BCUT2D eigenvalue weighted by atomic mass is 32.2. The summed E-state index contributed by atoms with van der Waals surface area (Å²) in [4.78, 5) is 13.1. The fraction of sp³-hybridized carbons (Fsp3) is 0.552. The number of hydrogen-bond acceptors (Lipinski definition) is 8. The Labute approximate surface area is 239 Å². The average Bonchev–Trinajstić information content (AvgIpc) is 3.48. The summed E-state index contributed by atoms with van der Waals surface area (Å²) >= 11 is 0. The van der Waals surface area contributed by atoms with Gasteiger partial charge in [-0.15, -0.1) is 0 Å². The lowest BCUT2D eigenvalue weighted by Crippen LogP contribution is -2.43. The van der Waals surface area contributed by atoms with Crippen molar-refractivity contribution in [1.82, 2.24) is 4.31 Å². The zero-order chi connectivity index (χ0) is 29.8. The molecule has 0 radical (unpaired) electrons. The van der Waals surface area contributed by atoms with Crippen LogP contribution in [-0.2, 0) is 35.4 Å². The van der Waals surface area contributed by atoms with Gasteiger partial charge in [-0.1, -0.05) is 44.2 Å². The molecular formula is C29H37F2NO8S. The standard InChI is InChI=1S/C29H37F2NO8S/c1-19(2)15-32(41(35,36)23-11-9-22(37-3)10-12-23)16-24(33)21(13-20-7-5-4-6-8-20)14-26(34)40-25-17-38-28-27(25)29(30,31)18-39-28/h4-12,19,21,24-25,27-28,33H,13-18H2,1-3H3/t21-,24-,25+,27+,28+/m1/s1. The number of fused-ring (bicyclic) bond motifs is 1. The minimum absolute atomic E-state index is 0.0423. The minimum Gasteiger partial charge on any atom is -0.497 e. The lowest BCUT2D eigenvalue weighted by Gasteiger charge is -2.30. The van der Waals surface area contributed by atoms with E-state index in [0.717, 1.165) is 5.56 Å². The Morgan fingerprint density at radius 2 is 1.78 bits per heavy atom. The van der Waals surface area contributed by atoms with E-state index in [1.54, 1.807) is 12.1 Å². The SMILES string of the molecule is COc1ccc(S(=O)(=O)N(CC(C)C)C[C@@H](O)[C@@H](CC(=O)O[C@H]2CO[C@H]3OCC(F)(F)[C@H]32)Cc2ccccc2)cc1. The van der Waals surface area contributed by atoms with Crippen LogP contribution < -0.4 is 4.74 Å². The maximum absolute atomic E-state index is 14.3. The number of nitrogens with zero attached hydrogens (tertiary/aromatic N) is 1. The van der Waals surface area contributed by atoms with Crippen molar-refractivity contribution in [3.8, 4) is 5.75 Å². The van der Waals surface area contributed by atoms with Crippen molar-refractivity contribution in [1.29, 1.82) is 0 Å².